The lowest BCUT2D eigenvalue weighted by atomic mass is 9.80. The molecule has 0 saturated heterocycles. The molecule has 100 valence electrons. The molecule has 2 atom stereocenters. The summed E-state index contributed by atoms with van der Waals surface area (Å²) in [4.78, 5) is 23.2. The van der Waals surface area contributed by atoms with Gasteiger partial charge in [0.25, 0.3) is 0 Å². The van der Waals surface area contributed by atoms with E-state index in [0.29, 0.717) is 0 Å². The number of hydrogen-bond acceptors (Lipinski definition) is 4. The molecule has 0 aromatic heterocycles. The van der Waals surface area contributed by atoms with Crippen molar-refractivity contribution in [1.82, 2.24) is 5.32 Å². The lowest BCUT2D eigenvalue weighted by Crippen LogP contribution is -2.56. The number of Topliss-reactive ketones (excluding diaryl/α,β-unsaturated/α-hetero) is 1. The lowest BCUT2D eigenvalue weighted by molar-refractivity contribution is -0.147. The van der Waals surface area contributed by atoms with Crippen LogP contribution in [-0.4, -0.2) is 35.5 Å². The average Bonchev–Trinajstić information content (AvgIpc) is 2.16. The second-order valence-electron chi connectivity index (χ2n) is 5.15. The Balaban J connectivity index is 4.91. The molecule has 0 aliphatic heterocycles. The van der Waals surface area contributed by atoms with Crippen LogP contribution in [0.5, 0.6) is 0 Å². The first-order chi connectivity index (χ1) is 7.66. The number of rotatable bonds is 7. The van der Waals surface area contributed by atoms with Gasteiger partial charge in [-0.15, -0.1) is 0 Å². The van der Waals surface area contributed by atoms with Gasteiger partial charge in [0.05, 0.1) is 6.04 Å². The number of carbonyl (C=O) groups is 2. The maximum Gasteiger partial charge on any atom is 0.324 e. The number of nitrogens with one attached hydrogen (secondary N) is 1. The van der Waals surface area contributed by atoms with Gasteiger partial charge in [0.2, 0.25) is 0 Å². The maximum atomic E-state index is 12.0. The molecule has 0 spiro atoms. The highest BCUT2D eigenvalue weighted by Gasteiger charge is 2.41. The smallest absolute Gasteiger partial charge is 0.324 e. The second kappa shape index (κ2) is 6.12. The predicted molar refractivity (Wildman–Crippen MR) is 66.7 cm³/mol. The summed E-state index contributed by atoms with van der Waals surface area (Å²) in [6.07, 6.45) is -0.149. The number of carboxylic acid groups (broad SMARTS) is 1. The Labute approximate surface area is 103 Å². The first-order valence-electron chi connectivity index (χ1n) is 5.89. The van der Waals surface area contributed by atoms with Crippen molar-refractivity contribution in [3.63, 3.8) is 0 Å². The van der Waals surface area contributed by atoms with Crippen molar-refractivity contribution in [2.45, 2.75) is 45.7 Å². The molecule has 0 aromatic rings. The fourth-order valence-corrected chi connectivity index (χ4v) is 1.79. The number of carbonyl (C=O) groups excluding carboxylic acids is 1. The molecule has 0 bridgehead atoms. The quantitative estimate of drug-likeness (QED) is 0.611. The van der Waals surface area contributed by atoms with E-state index >= 15 is 0 Å². The Kier molecular flexibility index (Phi) is 5.78. The van der Waals surface area contributed by atoms with Crippen molar-refractivity contribution in [1.29, 1.82) is 0 Å². The molecule has 0 aliphatic carbocycles. The second-order valence-corrected chi connectivity index (χ2v) is 5.15. The van der Waals surface area contributed by atoms with Crippen LogP contribution < -0.4 is 11.1 Å². The van der Waals surface area contributed by atoms with Crippen LogP contribution in [0, 0.1) is 11.8 Å². The molecule has 0 amide bonds. The summed E-state index contributed by atoms with van der Waals surface area (Å²) in [5.74, 6) is -1.47. The summed E-state index contributed by atoms with van der Waals surface area (Å²) in [6.45, 7) is 7.25. The lowest BCUT2D eigenvalue weighted by Gasteiger charge is -2.30. The molecule has 0 rings (SSSR count). The number of hydrogen-bond donors (Lipinski definition) is 3. The molecule has 0 heterocycles. The van der Waals surface area contributed by atoms with Gasteiger partial charge in [-0.25, -0.2) is 0 Å². The van der Waals surface area contributed by atoms with Crippen molar-refractivity contribution in [2.75, 3.05) is 7.05 Å². The fourth-order valence-electron chi connectivity index (χ4n) is 1.79. The summed E-state index contributed by atoms with van der Waals surface area (Å²) in [6, 6.07) is -0.351. The molecule has 5 nitrogen and oxygen atoms in total. The SMILES string of the molecule is CNC(C(=O)CC(N)(C(=O)O)C(C)C)C(C)C. The van der Waals surface area contributed by atoms with Crippen LogP contribution in [0.1, 0.15) is 34.1 Å². The molecule has 4 N–H and O–H groups in total. The minimum absolute atomic E-state index is 0.109. The molecule has 0 fully saturated rings. The van der Waals surface area contributed by atoms with Gasteiger partial charge >= 0.3 is 5.97 Å². The Bertz CT molecular complexity index is 289. The average molecular weight is 244 g/mol. The number of likely N-dealkylation sites (N-methyl/N-ethyl adjacent to an activating group) is 1. The van der Waals surface area contributed by atoms with Crippen LogP contribution in [0.4, 0.5) is 0 Å². The zero-order valence-corrected chi connectivity index (χ0v) is 11.3. The van der Waals surface area contributed by atoms with Crippen LogP contribution >= 0.6 is 0 Å². The van der Waals surface area contributed by atoms with E-state index in [1.54, 1.807) is 20.9 Å². The van der Waals surface area contributed by atoms with Gasteiger partial charge in [-0.05, 0) is 18.9 Å². The Morgan fingerprint density at radius 3 is 2.00 bits per heavy atom. The molecule has 2 unspecified atom stereocenters. The summed E-state index contributed by atoms with van der Waals surface area (Å²) < 4.78 is 0. The summed E-state index contributed by atoms with van der Waals surface area (Å²) in [5, 5.41) is 12.1. The first kappa shape index (κ1) is 16.1. The van der Waals surface area contributed by atoms with E-state index < -0.39 is 11.5 Å². The maximum absolute atomic E-state index is 12.0. The van der Waals surface area contributed by atoms with Gasteiger partial charge in [-0.1, -0.05) is 27.7 Å². The Morgan fingerprint density at radius 2 is 1.76 bits per heavy atom. The molecule has 0 saturated carbocycles. The normalized spacial score (nSPS) is 16.9. The molecular formula is C12H24N2O3. The summed E-state index contributed by atoms with van der Waals surface area (Å²) in [7, 11) is 1.69. The van der Waals surface area contributed by atoms with E-state index in [1.807, 2.05) is 13.8 Å². The molecule has 17 heavy (non-hydrogen) atoms. The number of aliphatic carboxylic acids is 1. The fraction of sp³-hybridized carbons (Fsp3) is 0.833. The standard InChI is InChI=1S/C12H24N2O3/c1-7(2)10(14-5)9(15)6-12(13,8(3)4)11(16)17/h7-8,10,14H,6,13H2,1-5H3,(H,16,17). The number of carboxylic acids is 1. The van der Waals surface area contributed by atoms with Crippen LogP contribution in [0.15, 0.2) is 0 Å². The van der Waals surface area contributed by atoms with Crippen molar-refractivity contribution < 1.29 is 14.7 Å². The minimum atomic E-state index is -1.49. The van der Waals surface area contributed by atoms with Crippen LogP contribution in [0.3, 0.4) is 0 Å². The highest BCUT2D eigenvalue weighted by atomic mass is 16.4. The van der Waals surface area contributed by atoms with Crippen molar-refractivity contribution in [3.05, 3.63) is 0 Å². The van der Waals surface area contributed by atoms with E-state index in [0.717, 1.165) is 0 Å². The minimum Gasteiger partial charge on any atom is -0.480 e. The van der Waals surface area contributed by atoms with Crippen molar-refractivity contribution in [3.8, 4) is 0 Å². The van der Waals surface area contributed by atoms with Crippen LogP contribution in [0.2, 0.25) is 0 Å². The molecule has 0 radical (unpaired) electrons. The largest absolute Gasteiger partial charge is 0.480 e. The van der Waals surface area contributed by atoms with Crippen LogP contribution in [-0.2, 0) is 9.59 Å². The van der Waals surface area contributed by atoms with Gasteiger partial charge in [0, 0.05) is 6.42 Å². The van der Waals surface area contributed by atoms with Crippen molar-refractivity contribution in [2.24, 2.45) is 17.6 Å². The van der Waals surface area contributed by atoms with E-state index in [1.165, 1.54) is 0 Å². The van der Waals surface area contributed by atoms with Gasteiger partial charge in [0.15, 0.2) is 5.78 Å². The van der Waals surface area contributed by atoms with Gasteiger partial charge in [0.1, 0.15) is 5.54 Å². The molecular weight excluding hydrogens is 220 g/mol. The highest BCUT2D eigenvalue weighted by Crippen LogP contribution is 2.21. The third kappa shape index (κ3) is 3.78. The molecule has 5 heteroatoms. The Morgan fingerprint density at radius 1 is 1.29 bits per heavy atom. The van der Waals surface area contributed by atoms with Crippen molar-refractivity contribution >= 4 is 11.8 Å². The number of nitrogens with two attached hydrogens (primary N) is 1. The first-order valence-corrected chi connectivity index (χ1v) is 5.89. The van der Waals surface area contributed by atoms with E-state index in [2.05, 4.69) is 5.32 Å². The summed E-state index contributed by atoms with van der Waals surface area (Å²) >= 11 is 0. The van der Waals surface area contributed by atoms with Gasteiger partial charge in [-0.2, -0.15) is 0 Å². The zero-order chi connectivity index (χ0) is 13.8. The predicted octanol–water partition coefficient (Wildman–Crippen LogP) is 0.628. The van der Waals surface area contributed by atoms with Crippen LogP contribution in [0.25, 0.3) is 0 Å². The summed E-state index contributed by atoms with van der Waals surface area (Å²) in [5.41, 5.74) is 4.34. The Hall–Kier alpha value is -0.940. The highest BCUT2D eigenvalue weighted by molar-refractivity contribution is 5.91. The van der Waals surface area contributed by atoms with E-state index in [4.69, 9.17) is 10.8 Å². The third-order valence-electron chi connectivity index (χ3n) is 3.22. The van der Waals surface area contributed by atoms with E-state index in [9.17, 15) is 9.59 Å². The third-order valence-corrected chi connectivity index (χ3v) is 3.22. The van der Waals surface area contributed by atoms with Gasteiger partial charge < -0.3 is 16.2 Å². The topological polar surface area (TPSA) is 92.4 Å². The van der Waals surface area contributed by atoms with E-state index in [-0.39, 0.29) is 30.1 Å². The molecule has 0 aliphatic rings. The molecule has 0 aromatic carbocycles. The zero-order valence-electron chi connectivity index (χ0n) is 11.3. The monoisotopic (exact) mass is 244 g/mol. The number of ketones is 1. The van der Waals surface area contributed by atoms with Gasteiger partial charge in [-0.3, -0.25) is 9.59 Å².